The Hall–Kier alpha value is -3.02. The molecule has 2 aromatic carbocycles. The number of nitrogens with zero attached hydrogens (tertiary/aromatic N) is 1. The van der Waals surface area contributed by atoms with Gasteiger partial charge in [-0.3, -0.25) is 9.59 Å². The number of phenols is 2. The van der Waals surface area contributed by atoms with Gasteiger partial charge in [-0.25, -0.2) is 0 Å². The van der Waals surface area contributed by atoms with E-state index in [1.165, 1.54) is 0 Å². The molecule has 1 spiro atoms. The Balaban J connectivity index is 1.54. The predicted octanol–water partition coefficient (Wildman–Crippen LogP) is 4.99. The summed E-state index contributed by atoms with van der Waals surface area (Å²) in [4.78, 5) is 28.4. The standard InChI is InChI=1S/C26H32N2O4/c1-17(2)28-23(18-6-10-21(29)11-7-18)26(25(28)32)15-4-3-5-19(14-16-26)24(31)27-20-8-12-22(30)13-9-20/h6-13,17,19,23,29-30H,3-5,14-16H2,1-2H3,(H,27,31). The maximum Gasteiger partial charge on any atom is 0.232 e. The number of likely N-dealkylation sites (tertiary alicyclic amines) is 1. The van der Waals surface area contributed by atoms with Crippen LogP contribution in [-0.2, 0) is 9.59 Å². The van der Waals surface area contributed by atoms with Crippen LogP contribution in [0, 0.1) is 11.3 Å². The van der Waals surface area contributed by atoms with Crippen molar-refractivity contribution in [3.8, 4) is 11.5 Å². The van der Waals surface area contributed by atoms with E-state index in [0.29, 0.717) is 18.5 Å². The van der Waals surface area contributed by atoms with Crippen molar-refractivity contribution in [1.82, 2.24) is 4.90 Å². The van der Waals surface area contributed by atoms with Crippen molar-refractivity contribution in [1.29, 1.82) is 0 Å². The van der Waals surface area contributed by atoms with E-state index in [1.54, 1.807) is 36.4 Å². The Kier molecular flexibility index (Phi) is 6.13. The van der Waals surface area contributed by atoms with Crippen molar-refractivity contribution >= 4 is 17.5 Å². The van der Waals surface area contributed by atoms with Gasteiger partial charge in [-0.05, 0) is 81.5 Å². The molecule has 1 saturated heterocycles. The predicted molar refractivity (Wildman–Crippen MR) is 123 cm³/mol. The van der Waals surface area contributed by atoms with Crippen LogP contribution in [0.15, 0.2) is 48.5 Å². The van der Waals surface area contributed by atoms with Crippen molar-refractivity contribution in [2.45, 2.75) is 64.5 Å². The Morgan fingerprint density at radius 1 is 0.969 bits per heavy atom. The van der Waals surface area contributed by atoms with Gasteiger partial charge in [0.2, 0.25) is 11.8 Å². The first-order valence-corrected chi connectivity index (χ1v) is 11.5. The largest absolute Gasteiger partial charge is 0.508 e. The third-order valence-electron chi connectivity index (χ3n) is 7.10. The second kappa shape index (κ2) is 8.85. The number of aromatic hydroxyl groups is 2. The van der Waals surface area contributed by atoms with E-state index in [-0.39, 0.29) is 41.3 Å². The summed E-state index contributed by atoms with van der Waals surface area (Å²) in [5, 5.41) is 22.2. The molecular weight excluding hydrogens is 404 g/mol. The average Bonchev–Trinajstić information content (AvgIpc) is 2.74. The molecule has 1 saturated carbocycles. The monoisotopic (exact) mass is 436 g/mol. The molecule has 170 valence electrons. The SMILES string of the molecule is CC(C)N1C(=O)C2(CCCCC(C(=O)Nc3ccc(O)cc3)CC2)C1c1ccc(O)cc1. The summed E-state index contributed by atoms with van der Waals surface area (Å²) in [6.45, 7) is 4.07. The van der Waals surface area contributed by atoms with Gasteiger partial charge in [0.1, 0.15) is 11.5 Å². The lowest BCUT2D eigenvalue weighted by Crippen LogP contribution is -2.65. The number of nitrogens with one attached hydrogen (secondary N) is 1. The molecule has 2 amide bonds. The van der Waals surface area contributed by atoms with Crippen LogP contribution in [0.5, 0.6) is 11.5 Å². The summed E-state index contributed by atoms with van der Waals surface area (Å²) >= 11 is 0. The van der Waals surface area contributed by atoms with Gasteiger partial charge in [0.15, 0.2) is 0 Å². The summed E-state index contributed by atoms with van der Waals surface area (Å²) in [5.41, 5.74) is 1.22. The summed E-state index contributed by atoms with van der Waals surface area (Å²) < 4.78 is 0. The van der Waals surface area contributed by atoms with E-state index in [0.717, 1.165) is 31.2 Å². The molecule has 1 heterocycles. The fourth-order valence-electron chi connectivity index (χ4n) is 5.43. The molecule has 0 radical (unpaired) electrons. The minimum absolute atomic E-state index is 0.0265. The summed E-state index contributed by atoms with van der Waals surface area (Å²) in [7, 11) is 0. The number of phenolic OH excluding ortho intramolecular Hbond substituents is 2. The highest BCUT2D eigenvalue weighted by atomic mass is 16.3. The third-order valence-corrected chi connectivity index (χ3v) is 7.10. The minimum atomic E-state index is -0.487. The molecule has 32 heavy (non-hydrogen) atoms. The smallest absolute Gasteiger partial charge is 0.232 e. The van der Waals surface area contributed by atoms with Crippen molar-refractivity contribution in [3.63, 3.8) is 0 Å². The van der Waals surface area contributed by atoms with Crippen LogP contribution in [0.3, 0.4) is 0 Å². The van der Waals surface area contributed by atoms with E-state index in [9.17, 15) is 19.8 Å². The number of β-lactam (4-membered cyclic amide) rings is 1. The number of carbonyl (C=O) groups is 2. The van der Waals surface area contributed by atoms with Gasteiger partial charge in [0.25, 0.3) is 0 Å². The van der Waals surface area contributed by atoms with Crippen LogP contribution < -0.4 is 5.32 Å². The van der Waals surface area contributed by atoms with E-state index >= 15 is 0 Å². The average molecular weight is 437 g/mol. The van der Waals surface area contributed by atoms with Crippen LogP contribution in [0.2, 0.25) is 0 Å². The number of benzene rings is 2. The number of anilines is 1. The first-order chi connectivity index (χ1) is 15.3. The van der Waals surface area contributed by atoms with E-state index in [4.69, 9.17) is 0 Å². The molecule has 3 N–H and O–H groups in total. The number of carbonyl (C=O) groups excluding carboxylic acids is 2. The van der Waals surface area contributed by atoms with Gasteiger partial charge in [-0.15, -0.1) is 0 Å². The van der Waals surface area contributed by atoms with Gasteiger partial charge in [-0.2, -0.15) is 0 Å². The van der Waals surface area contributed by atoms with Crippen molar-refractivity contribution < 1.29 is 19.8 Å². The molecule has 1 aliphatic carbocycles. The molecule has 0 bridgehead atoms. The Bertz CT molecular complexity index is 970. The van der Waals surface area contributed by atoms with Crippen LogP contribution in [0.1, 0.15) is 64.0 Å². The third kappa shape index (κ3) is 4.06. The summed E-state index contributed by atoms with van der Waals surface area (Å²) in [6.07, 6.45) is 4.80. The fourth-order valence-corrected chi connectivity index (χ4v) is 5.43. The second-order valence-electron chi connectivity index (χ2n) is 9.47. The van der Waals surface area contributed by atoms with Crippen LogP contribution in [0.25, 0.3) is 0 Å². The highest BCUT2D eigenvalue weighted by Gasteiger charge is 2.60. The zero-order valence-electron chi connectivity index (χ0n) is 18.8. The maximum atomic E-state index is 13.4. The normalized spacial score (nSPS) is 25.8. The zero-order chi connectivity index (χ0) is 22.9. The lowest BCUT2D eigenvalue weighted by molar-refractivity contribution is -0.182. The fraction of sp³-hybridized carbons (Fsp3) is 0.462. The summed E-state index contributed by atoms with van der Waals surface area (Å²) in [6, 6.07) is 13.7. The van der Waals surface area contributed by atoms with E-state index in [1.807, 2.05) is 30.9 Å². The van der Waals surface area contributed by atoms with Crippen molar-refractivity contribution in [2.24, 2.45) is 11.3 Å². The molecule has 3 atom stereocenters. The Morgan fingerprint density at radius 2 is 1.59 bits per heavy atom. The molecule has 0 aromatic heterocycles. The highest BCUT2D eigenvalue weighted by Crippen LogP contribution is 2.58. The molecule has 3 unspecified atom stereocenters. The molecule has 4 rings (SSSR count). The number of hydrogen-bond donors (Lipinski definition) is 3. The maximum absolute atomic E-state index is 13.4. The molecule has 2 aromatic rings. The van der Waals surface area contributed by atoms with E-state index in [2.05, 4.69) is 5.32 Å². The Labute approximate surface area is 189 Å². The molecule has 6 nitrogen and oxygen atoms in total. The van der Waals surface area contributed by atoms with Crippen LogP contribution in [-0.4, -0.2) is 33.0 Å². The van der Waals surface area contributed by atoms with E-state index < -0.39 is 5.41 Å². The summed E-state index contributed by atoms with van der Waals surface area (Å²) in [5.74, 6) is 0.386. The molecule has 2 aliphatic rings. The topological polar surface area (TPSA) is 89.9 Å². The zero-order valence-corrected chi connectivity index (χ0v) is 18.8. The molecular formula is C26H32N2O4. The van der Waals surface area contributed by atoms with Crippen LogP contribution in [0.4, 0.5) is 5.69 Å². The number of rotatable bonds is 4. The Morgan fingerprint density at radius 3 is 2.22 bits per heavy atom. The molecule has 1 aliphatic heterocycles. The quantitative estimate of drug-likeness (QED) is 0.465. The first-order valence-electron chi connectivity index (χ1n) is 11.5. The number of amides is 2. The minimum Gasteiger partial charge on any atom is -0.508 e. The molecule has 2 fully saturated rings. The van der Waals surface area contributed by atoms with Gasteiger partial charge >= 0.3 is 0 Å². The molecule has 6 heteroatoms. The van der Waals surface area contributed by atoms with Gasteiger partial charge in [0, 0.05) is 17.6 Å². The van der Waals surface area contributed by atoms with Crippen LogP contribution >= 0.6 is 0 Å². The van der Waals surface area contributed by atoms with Gasteiger partial charge in [0.05, 0.1) is 11.5 Å². The second-order valence-corrected chi connectivity index (χ2v) is 9.47. The number of hydrogen-bond acceptors (Lipinski definition) is 4. The lowest BCUT2D eigenvalue weighted by Gasteiger charge is -2.59. The van der Waals surface area contributed by atoms with Gasteiger partial charge < -0.3 is 20.4 Å². The first kappa shape index (κ1) is 22.2. The highest BCUT2D eigenvalue weighted by molar-refractivity contribution is 5.93. The van der Waals surface area contributed by atoms with Crippen molar-refractivity contribution in [3.05, 3.63) is 54.1 Å². The van der Waals surface area contributed by atoms with Gasteiger partial charge in [-0.1, -0.05) is 25.0 Å². The lowest BCUT2D eigenvalue weighted by atomic mass is 9.60. The van der Waals surface area contributed by atoms with Crippen molar-refractivity contribution in [2.75, 3.05) is 5.32 Å².